The van der Waals surface area contributed by atoms with Crippen LogP contribution in [0.2, 0.25) is 15.1 Å². The van der Waals surface area contributed by atoms with Crippen LogP contribution < -0.4 is 10.6 Å². The van der Waals surface area contributed by atoms with Gasteiger partial charge in [-0.25, -0.2) is 13.8 Å². The Kier molecular flexibility index (Phi) is 8.21. The molecule has 0 saturated heterocycles. The number of fused-ring (bicyclic) bond motifs is 1. The first kappa shape index (κ1) is 28.8. The Labute approximate surface area is 239 Å². The number of carbonyl (C=O) groups excluding carboxylic acids is 2. The van der Waals surface area contributed by atoms with Gasteiger partial charge in [-0.2, -0.15) is 0 Å². The highest BCUT2D eigenvalue weighted by Gasteiger charge is 2.22. The molecule has 0 unspecified atom stereocenters. The molecule has 0 fully saturated rings. The molecule has 4 rings (SSSR count). The van der Waals surface area contributed by atoms with Crippen LogP contribution in [0.15, 0.2) is 42.5 Å². The number of amides is 2. The van der Waals surface area contributed by atoms with Crippen molar-refractivity contribution >= 4 is 63.3 Å². The lowest BCUT2D eigenvalue weighted by molar-refractivity contribution is -0.128. The zero-order chi connectivity index (χ0) is 28.6. The first-order valence-electron chi connectivity index (χ1n) is 11.9. The number of anilines is 1. The fourth-order valence-electron chi connectivity index (χ4n) is 3.91. The standard InChI is InChI=1S/C28H25Cl3F2N4O2/c1-28(2,3)27(39)34-13-14-5-7-18(29)16(25(14)31)11-24-36-22-10-17(21(33)12-23(22)37(24)4)26(38)35-15-6-8-20(32)19(30)9-15/h5-10,12H,11,13H2,1-4H3,(H,34,39)(H,35,38). The highest BCUT2D eigenvalue weighted by atomic mass is 35.5. The van der Waals surface area contributed by atoms with E-state index < -0.39 is 23.0 Å². The third-order valence-electron chi connectivity index (χ3n) is 6.21. The van der Waals surface area contributed by atoms with Gasteiger partial charge < -0.3 is 15.2 Å². The Hall–Kier alpha value is -3.20. The van der Waals surface area contributed by atoms with E-state index in [1.807, 2.05) is 20.8 Å². The lowest BCUT2D eigenvalue weighted by Crippen LogP contribution is -2.34. The molecule has 204 valence electrons. The van der Waals surface area contributed by atoms with Crippen molar-refractivity contribution in [3.63, 3.8) is 0 Å². The van der Waals surface area contributed by atoms with Crippen LogP contribution >= 0.6 is 34.8 Å². The average Bonchev–Trinajstić information content (AvgIpc) is 3.16. The summed E-state index contributed by atoms with van der Waals surface area (Å²) in [6.07, 6.45) is 0.223. The number of aryl methyl sites for hydroxylation is 1. The number of hydrogen-bond acceptors (Lipinski definition) is 3. The molecule has 39 heavy (non-hydrogen) atoms. The summed E-state index contributed by atoms with van der Waals surface area (Å²) in [5.41, 5.74) is 1.58. The summed E-state index contributed by atoms with van der Waals surface area (Å²) in [5, 5.41) is 6.04. The van der Waals surface area contributed by atoms with Gasteiger partial charge in [-0.15, -0.1) is 0 Å². The molecular formula is C28H25Cl3F2N4O2. The smallest absolute Gasteiger partial charge is 0.258 e. The molecule has 2 N–H and O–H groups in total. The molecule has 0 spiro atoms. The van der Waals surface area contributed by atoms with Crippen LogP contribution in [0.5, 0.6) is 0 Å². The van der Waals surface area contributed by atoms with E-state index in [4.69, 9.17) is 34.8 Å². The maximum atomic E-state index is 15.0. The van der Waals surface area contributed by atoms with Crippen molar-refractivity contribution in [3.05, 3.63) is 91.7 Å². The number of benzene rings is 3. The largest absolute Gasteiger partial charge is 0.352 e. The fraction of sp³-hybridized carbons (Fsp3) is 0.250. The highest BCUT2D eigenvalue weighted by molar-refractivity contribution is 6.36. The van der Waals surface area contributed by atoms with Gasteiger partial charge in [0.2, 0.25) is 5.91 Å². The van der Waals surface area contributed by atoms with Crippen molar-refractivity contribution in [2.45, 2.75) is 33.7 Å². The molecule has 1 heterocycles. The summed E-state index contributed by atoms with van der Waals surface area (Å²) in [6.45, 7) is 5.68. The molecule has 0 atom stereocenters. The Bertz CT molecular complexity index is 1610. The van der Waals surface area contributed by atoms with Gasteiger partial charge in [0.05, 0.1) is 26.6 Å². The van der Waals surface area contributed by atoms with E-state index in [-0.39, 0.29) is 35.1 Å². The molecule has 0 aliphatic heterocycles. The Morgan fingerprint density at radius 1 is 0.974 bits per heavy atom. The molecular weight excluding hydrogens is 569 g/mol. The van der Waals surface area contributed by atoms with E-state index in [0.717, 1.165) is 6.07 Å². The molecule has 0 bridgehead atoms. The van der Waals surface area contributed by atoms with Crippen molar-refractivity contribution in [1.82, 2.24) is 14.9 Å². The Morgan fingerprint density at radius 3 is 2.36 bits per heavy atom. The summed E-state index contributed by atoms with van der Waals surface area (Å²) in [5.74, 6) is -1.71. The molecule has 0 aliphatic rings. The summed E-state index contributed by atoms with van der Waals surface area (Å²) in [7, 11) is 1.72. The van der Waals surface area contributed by atoms with Crippen molar-refractivity contribution in [2.75, 3.05) is 5.32 Å². The molecule has 3 aromatic carbocycles. The van der Waals surface area contributed by atoms with Crippen LogP contribution in [-0.2, 0) is 24.8 Å². The van der Waals surface area contributed by atoms with Gasteiger partial charge in [0.15, 0.2) is 0 Å². The van der Waals surface area contributed by atoms with E-state index in [2.05, 4.69) is 15.6 Å². The highest BCUT2D eigenvalue weighted by Crippen LogP contribution is 2.32. The first-order chi connectivity index (χ1) is 18.3. The third kappa shape index (κ3) is 6.19. The predicted octanol–water partition coefficient (Wildman–Crippen LogP) is 7.32. The molecule has 0 radical (unpaired) electrons. The monoisotopic (exact) mass is 592 g/mol. The summed E-state index contributed by atoms with van der Waals surface area (Å²) >= 11 is 18.9. The quantitative estimate of drug-likeness (QED) is 0.246. The molecule has 4 aromatic rings. The number of imidazole rings is 1. The van der Waals surface area contributed by atoms with Gasteiger partial charge in [0.1, 0.15) is 17.5 Å². The van der Waals surface area contributed by atoms with E-state index in [1.54, 1.807) is 23.7 Å². The summed E-state index contributed by atoms with van der Waals surface area (Å²) < 4.78 is 30.1. The minimum absolute atomic E-state index is 0.116. The summed E-state index contributed by atoms with van der Waals surface area (Å²) in [4.78, 5) is 29.7. The maximum absolute atomic E-state index is 15.0. The van der Waals surface area contributed by atoms with Crippen molar-refractivity contribution in [1.29, 1.82) is 0 Å². The number of rotatable bonds is 6. The maximum Gasteiger partial charge on any atom is 0.258 e. The van der Waals surface area contributed by atoms with Gasteiger partial charge in [-0.05, 0) is 41.5 Å². The topological polar surface area (TPSA) is 76.0 Å². The molecule has 0 saturated carbocycles. The first-order valence-corrected chi connectivity index (χ1v) is 13.0. The lowest BCUT2D eigenvalue weighted by Gasteiger charge is -2.18. The zero-order valence-corrected chi connectivity index (χ0v) is 23.8. The van der Waals surface area contributed by atoms with Crippen LogP contribution in [-0.4, -0.2) is 21.4 Å². The Balaban J connectivity index is 1.61. The van der Waals surface area contributed by atoms with Gasteiger partial charge in [-0.1, -0.05) is 61.6 Å². The number of carbonyl (C=O) groups is 2. The minimum atomic E-state index is -0.754. The van der Waals surface area contributed by atoms with Gasteiger partial charge in [-0.3, -0.25) is 9.59 Å². The number of nitrogens with one attached hydrogen (secondary N) is 2. The van der Waals surface area contributed by atoms with Gasteiger partial charge in [0, 0.05) is 42.2 Å². The van der Waals surface area contributed by atoms with E-state index in [9.17, 15) is 18.4 Å². The van der Waals surface area contributed by atoms with Crippen LogP contribution in [0.1, 0.15) is 48.1 Å². The second-order valence-corrected chi connectivity index (χ2v) is 11.3. The van der Waals surface area contributed by atoms with E-state index in [0.29, 0.717) is 38.0 Å². The SMILES string of the molecule is Cn1c(Cc2c(Cl)ccc(CNC(=O)C(C)(C)C)c2Cl)nc2cc(C(=O)Nc3ccc(F)c(Cl)c3)c(F)cc21. The van der Waals surface area contributed by atoms with E-state index >= 15 is 0 Å². The number of aromatic nitrogens is 2. The van der Waals surface area contributed by atoms with Crippen molar-refractivity contribution in [2.24, 2.45) is 12.5 Å². The van der Waals surface area contributed by atoms with Crippen LogP contribution in [0.3, 0.4) is 0 Å². The number of halogens is 5. The fourth-order valence-corrected chi connectivity index (χ4v) is 4.66. The van der Waals surface area contributed by atoms with Gasteiger partial charge in [0.25, 0.3) is 5.91 Å². The second kappa shape index (κ2) is 11.1. The summed E-state index contributed by atoms with van der Waals surface area (Å²) in [6, 6.07) is 9.68. The number of nitrogens with zero attached hydrogens (tertiary/aromatic N) is 2. The van der Waals surface area contributed by atoms with Gasteiger partial charge >= 0.3 is 0 Å². The zero-order valence-electron chi connectivity index (χ0n) is 21.6. The van der Waals surface area contributed by atoms with Crippen molar-refractivity contribution < 1.29 is 18.4 Å². The minimum Gasteiger partial charge on any atom is -0.352 e. The molecule has 2 amide bonds. The number of hydrogen-bond donors (Lipinski definition) is 2. The predicted molar refractivity (Wildman–Crippen MR) is 151 cm³/mol. The van der Waals surface area contributed by atoms with Crippen LogP contribution in [0.25, 0.3) is 11.0 Å². The molecule has 11 heteroatoms. The van der Waals surface area contributed by atoms with Crippen LogP contribution in [0, 0.1) is 17.0 Å². The third-order valence-corrected chi connectivity index (χ3v) is 7.32. The average molecular weight is 594 g/mol. The molecule has 6 nitrogen and oxygen atoms in total. The normalized spacial score (nSPS) is 11.6. The molecule has 1 aromatic heterocycles. The lowest BCUT2D eigenvalue weighted by atomic mass is 9.95. The second-order valence-electron chi connectivity index (χ2n) is 10.1. The van der Waals surface area contributed by atoms with Crippen LogP contribution in [0.4, 0.5) is 14.5 Å². The van der Waals surface area contributed by atoms with Crippen molar-refractivity contribution in [3.8, 4) is 0 Å². The Morgan fingerprint density at radius 2 is 1.69 bits per heavy atom. The molecule has 0 aliphatic carbocycles. The van der Waals surface area contributed by atoms with E-state index in [1.165, 1.54) is 24.3 Å².